The van der Waals surface area contributed by atoms with Crippen LogP contribution < -0.4 is 11.1 Å². The molecular formula is C18H21N3O2. The number of nitrogens with zero attached hydrogens (tertiary/aromatic N) is 1. The Morgan fingerprint density at radius 2 is 1.83 bits per heavy atom. The summed E-state index contributed by atoms with van der Waals surface area (Å²) in [5.74, 6) is -0.0659. The number of amides is 3. The van der Waals surface area contributed by atoms with Crippen molar-refractivity contribution in [2.24, 2.45) is 5.73 Å². The number of hydrogen-bond acceptors (Lipinski definition) is 2. The Kier molecular flexibility index (Phi) is 5.74. The molecule has 2 aromatic carbocycles. The minimum Gasteiger partial charge on any atom is -0.351 e. The van der Waals surface area contributed by atoms with Gasteiger partial charge in [-0.1, -0.05) is 43.3 Å². The lowest BCUT2D eigenvalue weighted by Gasteiger charge is -2.22. The molecule has 2 aromatic rings. The van der Waals surface area contributed by atoms with Crippen molar-refractivity contribution in [3.8, 4) is 0 Å². The van der Waals surface area contributed by atoms with E-state index < -0.39 is 6.03 Å². The van der Waals surface area contributed by atoms with Crippen molar-refractivity contribution >= 4 is 17.6 Å². The smallest absolute Gasteiger partial charge is 0.316 e. The van der Waals surface area contributed by atoms with Crippen LogP contribution in [0.3, 0.4) is 0 Å². The van der Waals surface area contributed by atoms with Crippen LogP contribution in [0.15, 0.2) is 54.6 Å². The quantitative estimate of drug-likeness (QED) is 0.859. The Hall–Kier alpha value is -2.82. The van der Waals surface area contributed by atoms with E-state index in [1.165, 1.54) is 0 Å². The second-order valence-corrected chi connectivity index (χ2v) is 5.28. The molecule has 0 saturated heterocycles. The number of rotatable bonds is 6. The van der Waals surface area contributed by atoms with Gasteiger partial charge in [0.15, 0.2) is 0 Å². The highest BCUT2D eigenvalue weighted by Gasteiger charge is 2.16. The molecule has 0 aliphatic rings. The molecule has 0 spiro atoms. The fourth-order valence-corrected chi connectivity index (χ4v) is 2.38. The number of benzene rings is 2. The summed E-state index contributed by atoms with van der Waals surface area (Å²) in [6.07, 6.45) is 0.873. The fraction of sp³-hybridized carbons (Fsp3) is 0.222. The van der Waals surface area contributed by atoms with Crippen LogP contribution in [0.5, 0.6) is 0 Å². The number of urea groups is 1. The summed E-state index contributed by atoms with van der Waals surface area (Å²) >= 11 is 0. The third kappa shape index (κ3) is 4.85. The minimum atomic E-state index is -0.649. The van der Waals surface area contributed by atoms with Crippen molar-refractivity contribution in [2.45, 2.75) is 19.9 Å². The monoisotopic (exact) mass is 311 g/mol. The van der Waals surface area contributed by atoms with Crippen LogP contribution in [0, 0.1) is 0 Å². The molecule has 0 aromatic heterocycles. The molecule has 0 aliphatic heterocycles. The molecule has 0 bridgehead atoms. The number of nitrogens with two attached hydrogens (primary N) is 1. The van der Waals surface area contributed by atoms with Gasteiger partial charge in [-0.3, -0.25) is 4.79 Å². The molecule has 0 unspecified atom stereocenters. The van der Waals surface area contributed by atoms with Crippen molar-refractivity contribution in [3.63, 3.8) is 0 Å². The first-order valence-corrected chi connectivity index (χ1v) is 7.60. The molecule has 3 N–H and O–H groups in total. The summed E-state index contributed by atoms with van der Waals surface area (Å²) in [4.78, 5) is 25.5. The van der Waals surface area contributed by atoms with Crippen LogP contribution in [0.2, 0.25) is 0 Å². The predicted molar refractivity (Wildman–Crippen MR) is 91.1 cm³/mol. The number of carbonyl (C=O) groups excluding carboxylic acids is 2. The number of nitrogens with one attached hydrogen (secondary N) is 1. The van der Waals surface area contributed by atoms with Crippen LogP contribution in [0.4, 0.5) is 10.5 Å². The molecule has 2 rings (SSSR count). The molecule has 0 aliphatic carbocycles. The molecule has 0 atom stereocenters. The van der Waals surface area contributed by atoms with Gasteiger partial charge < -0.3 is 16.0 Å². The van der Waals surface area contributed by atoms with Crippen LogP contribution in [0.1, 0.15) is 29.3 Å². The second kappa shape index (κ2) is 7.98. The highest BCUT2D eigenvalue weighted by atomic mass is 16.2. The first kappa shape index (κ1) is 16.5. The van der Waals surface area contributed by atoms with Gasteiger partial charge in [0.2, 0.25) is 0 Å². The Labute approximate surface area is 136 Å². The van der Waals surface area contributed by atoms with E-state index in [0.29, 0.717) is 24.3 Å². The Morgan fingerprint density at radius 3 is 2.48 bits per heavy atom. The molecular weight excluding hydrogens is 290 g/mol. The number of carbonyl (C=O) groups is 2. The van der Waals surface area contributed by atoms with E-state index in [4.69, 9.17) is 5.73 Å². The van der Waals surface area contributed by atoms with Gasteiger partial charge in [0.25, 0.3) is 5.91 Å². The van der Waals surface area contributed by atoms with Crippen molar-refractivity contribution < 1.29 is 9.59 Å². The third-order valence-corrected chi connectivity index (χ3v) is 3.37. The zero-order chi connectivity index (χ0) is 16.7. The zero-order valence-corrected chi connectivity index (χ0v) is 13.2. The molecule has 3 amide bonds. The zero-order valence-electron chi connectivity index (χ0n) is 13.2. The van der Waals surface area contributed by atoms with Gasteiger partial charge in [0.1, 0.15) is 0 Å². The first-order valence-electron chi connectivity index (χ1n) is 7.60. The summed E-state index contributed by atoms with van der Waals surface area (Å²) in [5.41, 5.74) is 7.24. The standard InChI is InChI=1S/C18H21N3O2/c1-2-11-21(13-14-7-4-3-5-8-14)17(22)15-9-6-10-16(12-15)20-18(19)23/h3-10,12H,2,11,13H2,1H3,(H3,19,20,23). The maximum atomic E-state index is 12.8. The largest absolute Gasteiger partial charge is 0.351 e. The van der Waals surface area contributed by atoms with Gasteiger partial charge in [-0.15, -0.1) is 0 Å². The van der Waals surface area contributed by atoms with Crippen LogP contribution >= 0.6 is 0 Å². The maximum Gasteiger partial charge on any atom is 0.316 e. The lowest BCUT2D eigenvalue weighted by Crippen LogP contribution is -2.31. The van der Waals surface area contributed by atoms with E-state index in [-0.39, 0.29) is 5.91 Å². The van der Waals surface area contributed by atoms with Gasteiger partial charge >= 0.3 is 6.03 Å². The van der Waals surface area contributed by atoms with Gasteiger partial charge in [-0.2, -0.15) is 0 Å². The summed E-state index contributed by atoms with van der Waals surface area (Å²) < 4.78 is 0. The van der Waals surface area contributed by atoms with E-state index >= 15 is 0 Å². The van der Waals surface area contributed by atoms with Gasteiger partial charge in [0.05, 0.1) is 0 Å². The topological polar surface area (TPSA) is 75.4 Å². The average Bonchev–Trinajstić information content (AvgIpc) is 2.54. The van der Waals surface area contributed by atoms with E-state index in [9.17, 15) is 9.59 Å². The minimum absolute atomic E-state index is 0.0659. The van der Waals surface area contributed by atoms with Crippen molar-refractivity contribution in [1.82, 2.24) is 4.90 Å². The highest BCUT2D eigenvalue weighted by Crippen LogP contribution is 2.15. The Morgan fingerprint density at radius 1 is 1.09 bits per heavy atom. The summed E-state index contributed by atoms with van der Waals surface area (Å²) in [6, 6.07) is 16.0. The molecule has 5 nitrogen and oxygen atoms in total. The lowest BCUT2D eigenvalue weighted by molar-refractivity contribution is 0.0743. The van der Waals surface area contributed by atoms with Gasteiger partial charge in [0, 0.05) is 24.3 Å². The maximum absolute atomic E-state index is 12.8. The lowest BCUT2D eigenvalue weighted by atomic mass is 10.1. The van der Waals surface area contributed by atoms with Gasteiger partial charge in [-0.25, -0.2) is 4.79 Å². The first-order chi connectivity index (χ1) is 11.1. The molecule has 0 saturated carbocycles. The molecule has 120 valence electrons. The molecule has 5 heteroatoms. The van der Waals surface area contributed by atoms with Crippen LogP contribution in [0.25, 0.3) is 0 Å². The van der Waals surface area contributed by atoms with E-state index in [1.54, 1.807) is 29.2 Å². The molecule has 23 heavy (non-hydrogen) atoms. The van der Waals surface area contributed by atoms with Crippen molar-refractivity contribution in [1.29, 1.82) is 0 Å². The summed E-state index contributed by atoms with van der Waals surface area (Å²) in [5, 5.41) is 2.49. The molecule has 0 fully saturated rings. The molecule has 0 heterocycles. The summed E-state index contributed by atoms with van der Waals surface area (Å²) in [6.45, 7) is 3.26. The number of primary amides is 1. The van der Waals surface area contributed by atoms with E-state index in [1.807, 2.05) is 37.3 Å². The van der Waals surface area contributed by atoms with Crippen LogP contribution in [-0.4, -0.2) is 23.4 Å². The third-order valence-electron chi connectivity index (χ3n) is 3.37. The number of hydrogen-bond donors (Lipinski definition) is 2. The highest BCUT2D eigenvalue weighted by molar-refractivity contribution is 5.96. The Balaban J connectivity index is 2.18. The van der Waals surface area contributed by atoms with Crippen molar-refractivity contribution in [3.05, 3.63) is 65.7 Å². The van der Waals surface area contributed by atoms with Crippen LogP contribution in [-0.2, 0) is 6.54 Å². The van der Waals surface area contributed by atoms with E-state index in [2.05, 4.69) is 5.32 Å². The fourth-order valence-electron chi connectivity index (χ4n) is 2.38. The normalized spacial score (nSPS) is 10.1. The summed E-state index contributed by atoms with van der Waals surface area (Å²) in [7, 11) is 0. The average molecular weight is 311 g/mol. The van der Waals surface area contributed by atoms with E-state index in [0.717, 1.165) is 12.0 Å². The molecule has 0 radical (unpaired) electrons. The van der Waals surface area contributed by atoms with Crippen molar-refractivity contribution in [2.75, 3.05) is 11.9 Å². The predicted octanol–water partition coefficient (Wildman–Crippen LogP) is 3.23. The Bertz CT molecular complexity index is 671. The van der Waals surface area contributed by atoms with Gasteiger partial charge in [-0.05, 0) is 30.2 Å². The number of anilines is 1. The second-order valence-electron chi connectivity index (χ2n) is 5.28. The SMILES string of the molecule is CCCN(Cc1ccccc1)C(=O)c1cccc(NC(N)=O)c1.